The van der Waals surface area contributed by atoms with Crippen LogP contribution in [0.3, 0.4) is 0 Å². The van der Waals surface area contributed by atoms with Crippen molar-refractivity contribution in [1.29, 1.82) is 0 Å². The van der Waals surface area contributed by atoms with Crippen LogP contribution < -0.4 is 0 Å². The Morgan fingerprint density at radius 2 is 1.87 bits per heavy atom. The number of amides is 1. The number of carbonyl (C=O) groups excluding carboxylic acids is 1. The topological polar surface area (TPSA) is 25.2 Å². The van der Waals surface area contributed by atoms with Crippen LogP contribution in [-0.4, -0.2) is 21.9 Å². The van der Waals surface area contributed by atoms with Gasteiger partial charge in [-0.2, -0.15) is 0 Å². The fraction of sp³-hybridized carbons (Fsp3) is 0.393. The van der Waals surface area contributed by atoms with Crippen LogP contribution >= 0.6 is 0 Å². The van der Waals surface area contributed by atoms with E-state index in [2.05, 4.69) is 90.2 Å². The number of hydrogen-bond donors (Lipinski definition) is 0. The lowest BCUT2D eigenvalue weighted by Crippen LogP contribution is -2.34. The van der Waals surface area contributed by atoms with Gasteiger partial charge in [0, 0.05) is 30.9 Å². The van der Waals surface area contributed by atoms with Gasteiger partial charge in [0.25, 0.3) is 0 Å². The molecule has 1 aliphatic carbocycles. The molecule has 1 amide bonds. The molecule has 3 heteroatoms. The highest BCUT2D eigenvalue weighted by atomic mass is 16.2. The Kier molecular flexibility index (Phi) is 6.91. The molecule has 1 fully saturated rings. The first kappa shape index (κ1) is 21.4. The van der Waals surface area contributed by atoms with Crippen molar-refractivity contribution < 1.29 is 4.79 Å². The van der Waals surface area contributed by atoms with Gasteiger partial charge < -0.3 is 9.47 Å². The van der Waals surface area contributed by atoms with Crippen molar-refractivity contribution in [3.8, 4) is 0 Å². The number of unbranched alkanes of at least 4 members (excludes halogenated alkanes) is 2. The zero-order chi connectivity index (χ0) is 21.6. The van der Waals surface area contributed by atoms with Gasteiger partial charge in [0.05, 0.1) is 6.54 Å². The van der Waals surface area contributed by atoms with Gasteiger partial charge in [-0.25, -0.2) is 0 Å². The molecule has 0 radical (unpaired) electrons. The molecular weight excluding hydrogens is 380 g/mol. The minimum absolute atomic E-state index is 0.143. The summed E-state index contributed by atoms with van der Waals surface area (Å²) in [5.74, 6) is 0.860. The number of aryl methyl sites for hydroxylation is 1. The first-order valence-electron chi connectivity index (χ1n) is 11.7. The highest BCUT2D eigenvalue weighted by Crippen LogP contribution is 2.48. The molecule has 0 aliphatic heterocycles. The summed E-state index contributed by atoms with van der Waals surface area (Å²) in [5.41, 5.74) is 5.09. The molecule has 3 nitrogen and oxygen atoms in total. The third-order valence-electron chi connectivity index (χ3n) is 6.39. The summed E-state index contributed by atoms with van der Waals surface area (Å²) in [6.45, 7) is 6.73. The predicted molar refractivity (Wildman–Crippen MR) is 127 cm³/mol. The van der Waals surface area contributed by atoms with Crippen LogP contribution in [-0.2, 0) is 17.9 Å². The Labute approximate surface area is 186 Å². The molecule has 0 spiro atoms. The van der Waals surface area contributed by atoms with E-state index in [1.165, 1.54) is 35.2 Å². The highest BCUT2D eigenvalue weighted by molar-refractivity contribution is 5.83. The molecule has 2 aromatic carbocycles. The molecule has 31 heavy (non-hydrogen) atoms. The molecule has 2 atom stereocenters. The number of nitrogens with zero attached hydrogens (tertiary/aromatic N) is 2. The maximum Gasteiger partial charge on any atom is 0.226 e. The van der Waals surface area contributed by atoms with E-state index >= 15 is 0 Å². The van der Waals surface area contributed by atoms with Gasteiger partial charge in [-0.05, 0) is 48.9 Å². The number of benzene rings is 2. The minimum atomic E-state index is 0.143. The van der Waals surface area contributed by atoms with E-state index in [0.717, 1.165) is 25.9 Å². The van der Waals surface area contributed by atoms with Gasteiger partial charge in [-0.1, -0.05) is 79.9 Å². The van der Waals surface area contributed by atoms with E-state index < -0.39 is 0 Å². The minimum Gasteiger partial charge on any atom is -0.345 e. The second-order valence-corrected chi connectivity index (χ2v) is 8.94. The van der Waals surface area contributed by atoms with Crippen molar-refractivity contribution in [3.05, 3.63) is 95.3 Å². The van der Waals surface area contributed by atoms with E-state index in [9.17, 15) is 4.79 Å². The highest BCUT2D eigenvalue weighted by Gasteiger charge is 2.45. The zero-order valence-corrected chi connectivity index (χ0v) is 18.8. The van der Waals surface area contributed by atoms with Crippen molar-refractivity contribution in [1.82, 2.24) is 9.47 Å². The van der Waals surface area contributed by atoms with E-state index in [1.807, 2.05) is 6.07 Å². The average molecular weight is 415 g/mol. The summed E-state index contributed by atoms with van der Waals surface area (Å²) in [5, 5.41) is 0. The molecular formula is C28H34N2O. The maximum atomic E-state index is 13.4. The first-order valence-corrected chi connectivity index (χ1v) is 11.7. The van der Waals surface area contributed by atoms with Crippen molar-refractivity contribution >= 4 is 5.91 Å². The normalized spacial score (nSPS) is 17.5. The van der Waals surface area contributed by atoms with Crippen molar-refractivity contribution in [3.63, 3.8) is 0 Å². The molecule has 162 valence electrons. The number of hydrogen-bond acceptors (Lipinski definition) is 1. The van der Waals surface area contributed by atoms with Gasteiger partial charge in [0.1, 0.15) is 0 Å². The fourth-order valence-corrected chi connectivity index (χ4v) is 4.54. The molecule has 0 bridgehead atoms. The molecule has 0 saturated heterocycles. The van der Waals surface area contributed by atoms with Crippen LogP contribution in [0.1, 0.15) is 60.9 Å². The summed E-state index contributed by atoms with van der Waals surface area (Å²) in [6.07, 6.45) is 6.53. The summed E-state index contributed by atoms with van der Waals surface area (Å²) < 4.78 is 2.29. The molecule has 1 aliphatic rings. The Bertz CT molecular complexity index is 991. The number of rotatable bonds is 10. The Hall–Kier alpha value is -2.81. The van der Waals surface area contributed by atoms with Gasteiger partial charge in [-0.15, -0.1) is 0 Å². The second kappa shape index (κ2) is 10.00. The van der Waals surface area contributed by atoms with E-state index in [4.69, 9.17) is 0 Å². The predicted octanol–water partition coefficient (Wildman–Crippen LogP) is 6.17. The van der Waals surface area contributed by atoms with Crippen molar-refractivity contribution in [2.75, 3.05) is 6.54 Å². The van der Waals surface area contributed by atoms with Crippen LogP contribution in [0.25, 0.3) is 0 Å². The quantitative estimate of drug-likeness (QED) is 0.364. The van der Waals surface area contributed by atoms with E-state index in [0.29, 0.717) is 18.4 Å². The Morgan fingerprint density at radius 3 is 2.65 bits per heavy atom. The summed E-state index contributed by atoms with van der Waals surface area (Å²) in [6, 6.07) is 23.4. The van der Waals surface area contributed by atoms with Gasteiger partial charge in [0.15, 0.2) is 0 Å². The second-order valence-electron chi connectivity index (χ2n) is 8.94. The smallest absolute Gasteiger partial charge is 0.226 e. The average Bonchev–Trinajstić information content (AvgIpc) is 3.47. The molecule has 1 aromatic heterocycles. The van der Waals surface area contributed by atoms with Crippen molar-refractivity contribution in [2.45, 2.75) is 58.5 Å². The van der Waals surface area contributed by atoms with Crippen LogP contribution in [0.4, 0.5) is 0 Å². The van der Waals surface area contributed by atoms with Crippen molar-refractivity contribution in [2.24, 2.45) is 5.92 Å². The first-order chi connectivity index (χ1) is 15.2. The van der Waals surface area contributed by atoms with E-state index in [1.54, 1.807) is 0 Å². The molecule has 3 aromatic rings. The molecule has 0 N–H and O–H groups in total. The third-order valence-corrected chi connectivity index (χ3v) is 6.39. The number of carbonyl (C=O) groups is 1. The van der Waals surface area contributed by atoms with Crippen LogP contribution in [0.15, 0.2) is 72.9 Å². The van der Waals surface area contributed by atoms with Crippen LogP contribution in [0.5, 0.6) is 0 Å². The van der Waals surface area contributed by atoms with Crippen LogP contribution in [0.2, 0.25) is 0 Å². The lowest BCUT2D eigenvalue weighted by atomic mass is 10.1. The zero-order valence-electron chi connectivity index (χ0n) is 18.8. The molecule has 1 heterocycles. The Balaban J connectivity index is 1.46. The maximum absolute atomic E-state index is 13.4. The summed E-state index contributed by atoms with van der Waals surface area (Å²) >= 11 is 0. The number of aromatic nitrogens is 1. The summed E-state index contributed by atoms with van der Waals surface area (Å²) in [7, 11) is 0. The molecule has 1 saturated carbocycles. The lowest BCUT2D eigenvalue weighted by Gasteiger charge is -2.24. The fourth-order valence-electron chi connectivity index (χ4n) is 4.54. The summed E-state index contributed by atoms with van der Waals surface area (Å²) in [4.78, 5) is 15.6. The van der Waals surface area contributed by atoms with Crippen LogP contribution in [0, 0.1) is 12.8 Å². The lowest BCUT2D eigenvalue weighted by molar-refractivity contribution is -0.133. The van der Waals surface area contributed by atoms with Gasteiger partial charge in [0.2, 0.25) is 5.91 Å². The third kappa shape index (κ3) is 5.46. The molecule has 4 rings (SSSR count). The Morgan fingerprint density at radius 1 is 1.03 bits per heavy atom. The van der Waals surface area contributed by atoms with Gasteiger partial charge in [-0.3, -0.25) is 4.79 Å². The molecule has 0 unspecified atom stereocenters. The monoisotopic (exact) mass is 414 g/mol. The standard InChI is InChI=1S/C28H34N2O/c1-3-4-8-16-30(28(31)27-19-26(27)24-13-6-5-7-14-24)21-25-15-10-17-29(25)20-23-12-9-11-22(2)18-23/h5-7,9-15,17-18,26-27H,3-4,8,16,19-21H2,1-2H3/t26-,27+/m1/s1. The SMILES string of the molecule is CCCCCN(Cc1cccn1Cc1cccc(C)c1)C(=O)[C@H]1C[C@@H]1c1ccccc1. The largest absolute Gasteiger partial charge is 0.345 e. The van der Waals surface area contributed by atoms with Gasteiger partial charge >= 0.3 is 0 Å². The van der Waals surface area contributed by atoms with E-state index in [-0.39, 0.29) is 5.92 Å².